The number of esters is 1. The second-order valence-corrected chi connectivity index (χ2v) is 9.00. The lowest BCUT2D eigenvalue weighted by atomic mass is 10.0. The van der Waals surface area contributed by atoms with Gasteiger partial charge >= 0.3 is 5.97 Å². The van der Waals surface area contributed by atoms with Gasteiger partial charge in [-0.2, -0.15) is 0 Å². The standard InChI is InChI=1S/C31H37NO6/c1-35-26-14-9-11-23(20-26)19-25-13-7-8-16-28(25)32-31(34)29(17-5-4-6-18-30(33)37-3)38-22-24-12-10-15-27(21-24)36-2/h7-16,20-21,29H,4-6,17-19,22H2,1-3H3,(H,32,34). The first-order valence-electron chi connectivity index (χ1n) is 12.9. The zero-order valence-corrected chi connectivity index (χ0v) is 22.4. The lowest BCUT2D eigenvalue weighted by molar-refractivity contribution is -0.140. The molecule has 0 fully saturated rings. The molecule has 0 saturated heterocycles. The van der Waals surface area contributed by atoms with E-state index in [0.717, 1.165) is 46.7 Å². The van der Waals surface area contributed by atoms with Gasteiger partial charge in [-0.25, -0.2) is 0 Å². The summed E-state index contributed by atoms with van der Waals surface area (Å²) in [5.74, 6) is 1.11. The number of unbranched alkanes of at least 4 members (excludes halogenated alkanes) is 2. The summed E-state index contributed by atoms with van der Waals surface area (Å²) in [6.45, 7) is 0.281. The Kier molecular flexibility index (Phi) is 11.7. The van der Waals surface area contributed by atoms with Gasteiger partial charge < -0.3 is 24.3 Å². The number of methoxy groups -OCH3 is 3. The quantitative estimate of drug-likeness (QED) is 0.198. The molecule has 0 spiro atoms. The maximum Gasteiger partial charge on any atom is 0.305 e. The van der Waals surface area contributed by atoms with Crippen molar-refractivity contribution in [2.45, 2.75) is 51.2 Å². The van der Waals surface area contributed by atoms with Crippen LogP contribution in [0.25, 0.3) is 0 Å². The summed E-state index contributed by atoms with van der Waals surface area (Å²) >= 11 is 0. The van der Waals surface area contributed by atoms with Gasteiger partial charge in [0.15, 0.2) is 0 Å². The van der Waals surface area contributed by atoms with Crippen LogP contribution in [0, 0.1) is 0 Å². The third-order valence-electron chi connectivity index (χ3n) is 6.26. The highest BCUT2D eigenvalue weighted by Crippen LogP contribution is 2.23. The predicted octanol–water partition coefficient (Wildman–Crippen LogP) is 5.94. The van der Waals surface area contributed by atoms with E-state index in [1.165, 1.54) is 7.11 Å². The average molecular weight is 520 g/mol. The summed E-state index contributed by atoms with van der Waals surface area (Å²) < 4.78 is 21.5. The monoisotopic (exact) mass is 519 g/mol. The Hall–Kier alpha value is -3.84. The number of para-hydroxylation sites is 1. The van der Waals surface area contributed by atoms with Crippen LogP contribution in [-0.4, -0.2) is 39.3 Å². The SMILES string of the molecule is COC(=O)CCCCCC(OCc1cccc(OC)c1)C(=O)Nc1ccccc1Cc1cccc(OC)c1. The van der Waals surface area contributed by atoms with Crippen LogP contribution in [0.15, 0.2) is 72.8 Å². The molecule has 0 radical (unpaired) electrons. The number of carbonyl (C=O) groups excluding carboxylic acids is 2. The first-order valence-corrected chi connectivity index (χ1v) is 12.9. The third kappa shape index (κ3) is 9.23. The van der Waals surface area contributed by atoms with Crippen LogP contribution in [0.5, 0.6) is 11.5 Å². The fraction of sp³-hybridized carbons (Fsp3) is 0.355. The number of hydrogen-bond acceptors (Lipinski definition) is 6. The van der Waals surface area contributed by atoms with Crippen molar-refractivity contribution in [3.05, 3.63) is 89.5 Å². The van der Waals surface area contributed by atoms with Crippen molar-refractivity contribution in [1.82, 2.24) is 0 Å². The number of hydrogen-bond donors (Lipinski definition) is 1. The maximum absolute atomic E-state index is 13.4. The summed E-state index contributed by atoms with van der Waals surface area (Å²) in [6, 6.07) is 23.3. The summed E-state index contributed by atoms with van der Waals surface area (Å²) in [5, 5.41) is 3.09. The second kappa shape index (κ2) is 15.4. The minimum Gasteiger partial charge on any atom is -0.497 e. The minimum absolute atomic E-state index is 0.195. The summed E-state index contributed by atoms with van der Waals surface area (Å²) in [7, 11) is 4.66. The number of nitrogens with one attached hydrogen (secondary N) is 1. The molecule has 0 aliphatic heterocycles. The molecule has 202 valence electrons. The molecule has 1 atom stereocenters. The molecule has 38 heavy (non-hydrogen) atoms. The van der Waals surface area contributed by atoms with Crippen LogP contribution in [0.4, 0.5) is 5.69 Å². The lowest BCUT2D eigenvalue weighted by Gasteiger charge is -2.19. The molecule has 3 rings (SSSR count). The molecule has 0 bridgehead atoms. The van der Waals surface area contributed by atoms with Gasteiger partial charge in [0.2, 0.25) is 0 Å². The van der Waals surface area contributed by atoms with Gasteiger partial charge in [0.05, 0.1) is 27.9 Å². The van der Waals surface area contributed by atoms with E-state index in [-0.39, 0.29) is 18.5 Å². The molecule has 3 aromatic rings. The number of ether oxygens (including phenoxy) is 4. The van der Waals surface area contributed by atoms with Crippen molar-refractivity contribution in [2.75, 3.05) is 26.6 Å². The maximum atomic E-state index is 13.4. The fourth-order valence-corrected chi connectivity index (χ4v) is 4.14. The van der Waals surface area contributed by atoms with Crippen molar-refractivity contribution < 1.29 is 28.5 Å². The van der Waals surface area contributed by atoms with E-state index >= 15 is 0 Å². The molecule has 1 unspecified atom stereocenters. The number of carbonyl (C=O) groups is 2. The first-order chi connectivity index (χ1) is 18.5. The number of amides is 1. The van der Waals surface area contributed by atoms with Crippen LogP contribution in [0.1, 0.15) is 48.8 Å². The lowest BCUT2D eigenvalue weighted by Crippen LogP contribution is -2.31. The zero-order chi connectivity index (χ0) is 27.2. The Balaban J connectivity index is 1.68. The van der Waals surface area contributed by atoms with Gasteiger partial charge in [0.1, 0.15) is 17.6 Å². The fourth-order valence-electron chi connectivity index (χ4n) is 4.14. The summed E-state index contributed by atoms with van der Waals surface area (Å²) in [4.78, 5) is 24.8. The van der Waals surface area contributed by atoms with E-state index in [2.05, 4.69) is 5.32 Å². The van der Waals surface area contributed by atoms with E-state index in [0.29, 0.717) is 25.7 Å². The largest absolute Gasteiger partial charge is 0.497 e. The van der Waals surface area contributed by atoms with Crippen LogP contribution in [-0.2, 0) is 32.1 Å². The molecule has 7 nitrogen and oxygen atoms in total. The Bertz CT molecular complexity index is 1180. The van der Waals surface area contributed by atoms with Crippen LogP contribution in [0.3, 0.4) is 0 Å². The molecule has 7 heteroatoms. The highest BCUT2D eigenvalue weighted by Gasteiger charge is 2.20. The summed E-state index contributed by atoms with van der Waals surface area (Å²) in [6.07, 6.45) is 3.16. The van der Waals surface area contributed by atoms with E-state index in [1.54, 1.807) is 14.2 Å². The molecule has 0 aliphatic carbocycles. The number of benzene rings is 3. The van der Waals surface area contributed by atoms with Crippen molar-refractivity contribution in [3.63, 3.8) is 0 Å². The van der Waals surface area contributed by atoms with E-state index in [4.69, 9.17) is 18.9 Å². The van der Waals surface area contributed by atoms with Crippen LogP contribution < -0.4 is 14.8 Å². The predicted molar refractivity (Wildman–Crippen MR) is 148 cm³/mol. The number of anilines is 1. The molecule has 1 N–H and O–H groups in total. The Labute approximate surface area is 225 Å². The number of rotatable bonds is 15. The van der Waals surface area contributed by atoms with E-state index in [9.17, 15) is 9.59 Å². The zero-order valence-electron chi connectivity index (χ0n) is 22.4. The van der Waals surface area contributed by atoms with Gasteiger partial charge in [0, 0.05) is 12.1 Å². The van der Waals surface area contributed by atoms with Gasteiger partial charge in [-0.1, -0.05) is 55.3 Å². The first kappa shape index (κ1) is 28.7. The van der Waals surface area contributed by atoms with Gasteiger partial charge in [-0.3, -0.25) is 9.59 Å². The van der Waals surface area contributed by atoms with Crippen molar-refractivity contribution >= 4 is 17.6 Å². The molecule has 0 saturated carbocycles. The Morgan fingerprint density at radius 2 is 1.47 bits per heavy atom. The molecule has 1 amide bonds. The Morgan fingerprint density at radius 1 is 0.789 bits per heavy atom. The van der Waals surface area contributed by atoms with Crippen LogP contribution in [0.2, 0.25) is 0 Å². The van der Waals surface area contributed by atoms with Crippen molar-refractivity contribution in [1.29, 1.82) is 0 Å². The highest BCUT2D eigenvalue weighted by atomic mass is 16.5. The molecule has 3 aromatic carbocycles. The Morgan fingerprint density at radius 3 is 2.18 bits per heavy atom. The third-order valence-corrected chi connectivity index (χ3v) is 6.26. The van der Waals surface area contributed by atoms with Gasteiger partial charge in [0.25, 0.3) is 5.91 Å². The van der Waals surface area contributed by atoms with Crippen molar-refractivity contribution in [3.8, 4) is 11.5 Å². The van der Waals surface area contributed by atoms with Gasteiger partial charge in [-0.15, -0.1) is 0 Å². The van der Waals surface area contributed by atoms with Crippen molar-refractivity contribution in [2.24, 2.45) is 0 Å². The normalized spacial score (nSPS) is 11.4. The molecular formula is C31H37NO6. The molecule has 0 aromatic heterocycles. The van der Waals surface area contributed by atoms with Crippen LogP contribution >= 0.6 is 0 Å². The second-order valence-electron chi connectivity index (χ2n) is 9.00. The molecule has 0 heterocycles. The molecule has 0 aliphatic rings. The average Bonchev–Trinajstić information content (AvgIpc) is 2.95. The highest BCUT2D eigenvalue weighted by molar-refractivity contribution is 5.94. The summed E-state index contributed by atoms with van der Waals surface area (Å²) in [5.41, 5.74) is 3.76. The molecular weight excluding hydrogens is 482 g/mol. The van der Waals surface area contributed by atoms with E-state index < -0.39 is 6.10 Å². The smallest absolute Gasteiger partial charge is 0.305 e. The topological polar surface area (TPSA) is 83.1 Å². The van der Waals surface area contributed by atoms with Gasteiger partial charge in [-0.05, 0) is 66.3 Å². The minimum atomic E-state index is -0.649. The van der Waals surface area contributed by atoms with E-state index in [1.807, 2.05) is 72.8 Å².